The van der Waals surface area contributed by atoms with E-state index in [-0.39, 0.29) is 5.91 Å². The van der Waals surface area contributed by atoms with Crippen LogP contribution in [0.3, 0.4) is 0 Å². The van der Waals surface area contributed by atoms with Crippen LogP contribution in [0, 0.1) is 12.7 Å². The van der Waals surface area contributed by atoms with Crippen LogP contribution >= 0.6 is 11.3 Å². The van der Waals surface area contributed by atoms with Crippen LogP contribution in [0.25, 0.3) is 0 Å². The smallest absolute Gasteiger partial charge is 0.257 e. The molecule has 0 aliphatic heterocycles. The van der Waals surface area contributed by atoms with Gasteiger partial charge in [0.15, 0.2) is 0 Å². The number of aryl methyl sites for hydroxylation is 1. The molecule has 1 aromatic heterocycles. The molecular weight excluding hydrogens is 289 g/mol. The minimum atomic E-state index is -0.430. The molecule has 0 saturated carbocycles. The van der Waals surface area contributed by atoms with Gasteiger partial charge in [0.05, 0.1) is 0 Å². The molecule has 0 fully saturated rings. The van der Waals surface area contributed by atoms with E-state index in [4.69, 9.17) is 0 Å². The summed E-state index contributed by atoms with van der Waals surface area (Å²) in [6.45, 7) is 5.97. The summed E-state index contributed by atoms with van der Waals surface area (Å²) in [5, 5.41) is 12.2. The minimum Gasteiger partial charge on any atom is -0.296 e. The van der Waals surface area contributed by atoms with Gasteiger partial charge in [-0.2, -0.15) is 0 Å². The van der Waals surface area contributed by atoms with Crippen molar-refractivity contribution < 1.29 is 9.18 Å². The van der Waals surface area contributed by atoms with E-state index in [0.717, 1.165) is 23.4 Å². The molecule has 2 aromatic rings. The SMILES string of the molecule is CCC(CC)c1nnc(NC(=O)c2cc(F)ccc2C)s1. The van der Waals surface area contributed by atoms with Gasteiger partial charge in [0.2, 0.25) is 5.13 Å². The lowest BCUT2D eigenvalue weighted by atomic mass is 10.1. The first-order valence-corrected chi connectivity index (χ1v) is 7.77. The number of nitrogens with zero attached hydrogens (tertiary/aromatic N) is 2. The molecule has 0 aliphatic rings. The first kappa shape index (κ1) is 15.6. The van der Waals surface area contributed by atoms with E-state index in [1.165, 1.54) is 23.5 Å². The van der Waals surface area contributed by atoms with Gasteiger partial charge in [-0.05, 0) is 37.5 Å². The van der Waals surface area contributed by atoms with Gasteiger partial charge in [0.25, 0.3) is 5.91 Å². The number of hydrogen-bond acceptors (Lipinski definition) is 4. The number of benzene rings is 1. The summed E-state index contributed by atoms with van der Waals surface area (Å²) >= 11 is 1.38. The summed E-state index contributed by atoms with van der Waals surface area (Å²) in [5.74, 6) is -0.427. The highest BCUT2D eigenvalue weighted by Gasteiger charge is 2.16. The third-order valence-electron chi connectivity index (χ3n) is 3.44. The van der Waals surface area contributed by atoms with E-state index in [0.29, 0.717) is 16.6 Å². The average molecular weight is 307 g/mol. The van der Waals surface area contributed by atoms with E-state index < -0.39 is 5.82 Å². The molecule has 2 rings (SSSR count). The zero-order valence-corrected chi connectivity index (χ0v) is 13.1. The van der Waals surface area contributed by atoms with Crippen LogP contribution in [0.2, 0.25) is 0 Å². The number of carbonyl (C=O) groups is 1. The van der Waals surface area contributed by atoms with Crippen molar-refractivity contribution in [1.82, 2.24) is 10.2 Å². The van der Waals surface area contributed by atoms with Crippen molar-refractivity contribution in [2.75, 3.05) is 5.32 Å². The Morgan fingerprint density at radius 2 is 2.05 bits per heavy atom. The first-order chi connectivity index (χ1) is 10.0. The summed E-state index contributed by atoms with van der Waals surface area (Å²) in [6, 6.07) is 4.15. The molecule has 1 aromatic carbocycles. The van der Waals surface area contributed by atoms with E-state index in [9.17, 15) is 9.18 Å². The van der Waals surface area contributed by atoms with Gasteiger partial charge in [-0.3, -0.25) is 10.1 Å². The molecule has 0 saturated heterocycles. The molecule has 112 valence electrons. The maximum atomic E-state index is 13.2. The normalized spacial score (nSPS) is 10.9. The standard InChI is InChI=1S/C15H18FN3OS/c1-4-10(5-2)14-18-19-15(21-14)17-13(20)12-8-11(16)7-6-9(12)3/h6-8,10H,4-5H2,1-3H3,(H,17,19,20). The van der Waals surface area contributed by atoms with Gasteiger partial charge in [-0.1, -0.05) is 31.3 Å². The third-order valence-corrected chi connectivity index (χ3v) is 4.44. The van der Waals surface area contributed by atoms with Crippen LogP contribution in [0.1, 0.15) is 53.5 Å². The second-order valence-electron chi connectivity index (χ2n) is 4.87. The molecule has 0 atom stereocenters. The van der Waals surface area contributed by atoms with Crippen molar-refractivity contribution in [2.45, 2.75) is 39.5 Å². The Hall–Kier alpha value is -1.82. The molecule has 4 nitrogen and oxygen atoms in total. The molecule has 0 unspecified atom stereocenters. The van der Waals surface area contributed by atoms with Crippen LogP contribution in [-0.2, 0) is 0 Å². The lowest BCUT2D eigenvalue weighted by Gasteiger charge is -2.06. The van der Waals surface area contributed by atoms with E-state index in [1.807, 2.05) is 0 Å². The maximum absolute atomic E-state index is 13.2. The van der Waals surface area contributed by atoms with Gasteiger partial charge in [-0.15, -0.1) is 10.2 Å². The number of rotatable bonds is 5. The van der Waals surface area contributed by atoms with Gasteiger partial charge in [0, 0.05) is 11.5 Å². The molecule has 1 heterocycles. The summed E-state index contributed by atoms with van der Waals surface area (Å²) in [6.07, 6.45) is 1.98. The van der Waals surface area contributed by atoms with Crippen molar-refractivity contribution in [3.63, 3.8) is 0 Å². The average Bonchev–Trinajstić information content (AvgIpc) is 2.91. The highest BCUT2D eigenvalue weighted by atomic mass is 32.1. The van der Waals surface area contributed by atoms with Crippen LogP contribution in [-0.4, -0.2) is 16.1 Å². The second-order valence-corrected chi connectivity index (χ2v) is 5.88. The minimum absolute atomic E-state index is 0.314. The van der Waals surface area contributed by atoms with Crippen molar-refractivity contribution >= 4 is 22.4 Å². The topological polar surface area (TPSA) is 54.9 Å². The number of carbonyl (C=O) groups excluding carboxylic acids is 1. The van der Waals surface area contributed by atoms with Gasteiger partial charge in [-0.25, -0.2) is 4.39 Å². The highest BCUT2D eigenvalue weighted by Crippen LogP contribution is 2.28. The number of nitrogens with one attached hydrogen (secondary N) is 1. The number of anilines is 1. The third kappa shape index (κ3) is 3.64. The Morgan fingerprint density at radius 3 is 2.71 bits per heavy atom. The molecule has 0 aliphatic carbocycles. The summed E-state index contributed by atoms with van der Waals surface area (Å²) in [7, 11) is 0. The van der Waals surface area contributed by atoms with Crippen molar-refractivity contribution in [3.05, 3.63) is 40.2 Å². The van der Waals surface area contributed by atoms with Crippen LogP contribution in [0.15, 0.2) is 18.2 Å². The summed E-state index contributed by atoms with van der Waals surface area (Å²) in [4.78, 5) is 12.2. The first-order valence-electron chi connectivity index (χ1n) is 6.96. The van der Waals surface area contributed by atoms with Crippen molar-refractivity contribution in [2.24, 2.45) is 0 Å². The largest absolute Gasteiger partial charge is 0.296 e. The van der Waals surface area contributed by atoms with Crippen LogP contribution < -0.4 is 5.32 Å². The fourth-order valence-electron chi connectivity index (χ4n) is 2.09. The fourth-order valence-corrected chi connectivity index (χ4v) is 3.10. The van der Waals surface area contributed by atoms with Crippen LogP contribution in [0.4, 0.5) is 9.52 Å². The van der Waals surface area contributed by atoms with E-state index in [1.54, 1.807) is 13.0 Å². The molecule has 1 amide bonds. The molecule has 0 bridgehead atoms. The van der Waals surface area contributed by atoms with Gasteiger partial charge in [0.1, 0.15) is 10.8 Å². The second kappa shape index (κ2) is 6.76. The Balaban J connectivity index is 2.15. The monoisotopic (exact) mass is 307 g/mol. The number of halogens is 1. The quantitative estimate of drug-likeness (QED) is 0.903. The number of aromatic nitrogens is 2. The molecule has 0 spiro atoms. The number of hydrogen-bond donors (Lipinski definition) is 1. The zero-order chi connectivity index (χ0) is 15.4. The Kier molecular flexibility index (Phi) is 5.01. The summed E-state index contributed by atoms with van der Waals surface area (Å²) < 4.78 is 13.2. The lowest BCUT2D eigenvalue weighted by Crippen LogP contribution is -2.13. The van der Waals surface area contributed by atoms with Crippen molar-refractivity contribution in [1.29, 1.82) is 0 Å². The fraction of sp³-hybridized carbons (Fsp3) is 0.400. The predicted octanol–water partition coefficient (Wildman–Crippen LogP) is 4.14. The van der Waals surface area contributed by atoms with Gasteiger partial charge < -0.3 is 0 Å². The Bertz CT molecular complexity index is 638. The molecule has 1 N–H and O–H groups in total. The van der Waals surface area contributed by atoms with Crippen LogP contribution in [0.5, 0.6) is 0 Å². The Morgan fingerprint density at radius 1 is 1.33 bits per heavy atom. The zero-order valence-electron chi connectivity index (χ0n) is 12.3. The van der Waals surface area contributed by atoms with Crippen molar-refractivity contribution in [3.8, 4) is 0 Å². The lowest BCUT2D eigenvalue weighted by molar-refractivity contribution is 0.102. The van der Waals surface area contributed by atoms with Gasteiger partial charge >= 0.3 is 0 Å². The Labute approximate surface area is 127 Å². The molecule has 21 heavy (non-hydrogen) atoms. The van der Waals surface area contributed by atoms with E-state index in [2.05, 4.69) is 29.4 Å². The highest BCUT2D eigenvalue weighted by molar-refractivity contribution is 7.15. The summed E-state index contributed by atoms with van der Waals surface area (Å²) in [5.41, 5.74) is 1.04. The molecule has 6 heteroatoms. The molecular formula is C15H18FN3OS. The van der Waals surface area contributed by atoms with E-state index >= 15 is 0 Å². The predicted molar refractivity (Wildman–Crippen MR) is 82.3 cm³/mol. The maximum Gasteiger partial charge on any atom is 0.257 e. The number of amides is 1. The molecule has 0 radical (unpaired) electrons.